The number of hydrogen-bond acceptors (Lipinski definition) is 2. The zero-order chi connectivity index (χ0) is 12.9. The maximum absolute atomic E-state index is 3.53. The Morgan fingerprint density at radius 2 is 1.53 bits per heavy atom. The molecule has 1 N–H and O–H groups in total. The van der Waals surface area contributed by atoms with Crippen LogP contribution in [0.1, 0.15) is 51.9 Å². The van der Waals surface area contributed by atoms with E-state index < -0.39 is 0 Å². The van der Waals surface area contributed by atoms with Crippen LogP contribution in [0.3, 0.4) is 0 Å². The number of piperazine rings is 1. The van der Waals surface area contributed by atoms with Gasteiger partial charge in [-0.2, -0.15) is 0 Å². The van der Waals surface area contributed by atoms with E-state index in [1.165, 1.54) is 32.6 Å². The predicted octanol–water partition coefficient (Wildman–Crippen LogP) is 2.89. The molecule has 5 rings (SSSR count). The number of rotatable bonds is 3. The molecule has 108 valence electrons. The van der Waals surface area contributed by atoms with Crippen molar-refractivity contribution in [1.82, 2.24) is 10.2 Å². The van der Waals surface area contributed by atoms with Gasteiger partial charge < -0.3 is 5.32 Å². The summed E-state index contributed by atoms with van der Waals surface area (Å²) in [4.78, 5) is 2.85. The first-order valence-electron chi connectivity index (χ1n) is 8.74. The van der Waals surface area contributed by atoms with Crippen LogP contribution in [0.5, 0.6) is 0 Å². The number of nitrogens with zero attached hydrogens (tertiary/aromatic N) is 1. The second kappa shape index (κ2) is 4.73. The number of nitrogens with one attached hydrogen (secondary N) is 1. The first-order chi connectivity index (χ1) is 9.29. The first kappa shape index (κ1) is 12.6. The molecule has 0 aromatic heterocycles. The highest BCUT2D eigenvalue weighted by Crippen LogP contribution is 2.62. The largest absolute Gasteiger partial charge is 0.314 e. The van der Waals surface area contributed by atoms with Crippen molar-refractivity contribution < 1.29 is 0 Å². The Bertz CT molecular complexity index is 297. The van der Waals surface area contributed by atoms with E-state index in [0.717, 1.165) is 29.2 Å². The summed E-state index contributed by atoms with van der Waals surface area (Å²) in [6.07, 6.45) is 10.8. The minimum Gasteiger partial charge on any atom is -0.314 e. The van der Waals surface area contributed by atoms with Crippen molar-refractivity contribution in [3.8, 4) is 0 Å². The molecule has 1 heterocycles. The van der Waals surface area contributed by atoms with E-state index in [1.54, 1.807) is 38.5 Å². The van der Waals surface area contributed by atoms with Gasteiger partial charge in [0.15, 0.2) is 0 Å². The van der Waals surface area contributed by atoms with Crippen molar-refractivity contribution in [2.24, 2.45) is 23.2 Å². The molecule has 4 aliphatic carbocycles. The fourth-order valence-corrected chi connectivity index (χ4v) is 6.66. The Labute approximate surface area is 118 Å². The molecule has 0 amide bonds. The van der Waals surface area contributed by atoms with Crippen molar-refractivity contribution in [2.45, 2.75) is 57.9 Å². The van der Waals surface area contributed by atoms with Gasteiger partial charge in [-0.25, -0.2) is 0 Å². The molecule has 0 radical (unpaired) electrons. The molecule has 1 aliphatic heterocycles. The zero-order valence-electron chi connectivity index (χ0n) is 12.5. The molecule has 2 nitrogen and oxygen atoms in total. The zero-order valence-corrected chi connectivity index (χ0v) is 12.5. The quantitative estimate of drug-likeness (QED) is 0.841. The van der Waals surface area contributed by atoms with Gasteiger partial charge in [-0.1, -0.05) is 6.92 Å². The lowest BCUT2D eigenvalue weighted by Gasteiger charge is -2.61. The van der Waals surface area contributed by atoms with Gasteiger partial charge in [-0.3, -0.25) is 4.90 Å². The third-order valence-electron chi connectivity index (χ3n) is 6.77. The Morgan fingerprint density at radius 1 is 1.00 bits per heavy atom. The van der Waals surface area contributed by atoms with Crippen LogP contribution in [0.2, 0.25) is 0 Å². The molecule has 2 heteroatoms. The van der Waals surface area contributed by atoms with E-state index in [9.17, 15) is 0 Å². The second-order valence-electron chi connectivity index (χ2n) is 7.99. The SMILES string of the molecule is CCC(N1CCNCC1)C12CC3CC(CC(C3)C1)C2. The molecule has 0 spiro atoms. The van der Waals surface area contributed by atoms with Crippen LogP contribution in [0.4, 0.5) is 0 Å². The van der Waals surface area contributed by atoms with Crippen LogP contribution in [-0.4, -0.2) is 37.1 Å². The Morgan fingerprint density at radius 3 is 2.00 bits per heavy atom. The molecular formula is C17H30N2. The van der Waals surface area contributed by atoms with Gasteiger partial charge in [-0.05, 0) is 68.1 Å². The molecule has 1 unspecified atom stereocenters. The predicted molar refractivity (Wildman–Crippen MR) is 79.1 cm³/mol. The van der Waals surface area contributed by atoms with Crippen molar-refractivity contribution in [3.63, 3.8) is 0 Å². The van der Waals surface area contributed by atoms with Crippen LogP contribution in [0, 0.1) is 23.2 Å². The molecule has 5 aliphatic rings. The summed E-state index contributed by atoms with van der Waals surface area (Å²) in [7, 11) is 0. The highest BCUT2D eigenvalue weighted by Gasteiger charge is 2.54. The minimum atomic E-state index is 0.723. The number of hydrogen-bond donors (Lipinski definition) is 1. The van der Waals surface area contributed by atoms with Crippen molar-refractivity contribution in [1.29, 1.82) is 0 Å². The summed E-state index contributed by atoms with van der Waals surface area (Å²) >= 11 is 0. The van der Waals surface area contributed by atoms with Gasteiger partial charge >= 0.3 is 0 Å². The van der Waals surface area contributed by atoms with E-state index in [4.69, 9.17) is 0 Å². The molecule has 1 atom stereocenters. The van der Waals surface area contributed by atoms with Crippen LogP contribution in [0.15, 0.2) is 0 Å². The summed E-state index contributed by atoms with van der Waals surface area (Å²) in [5.74, 6) is 3.30. The maximum atomic E-state index is 3.53. The lowest BCUT2D eigenvalue weighted by Crippen LogP contribution is -2.59. The summed E-state index contributed by atoms with van der Waals surface area (Å²) in [6.45, 7) is 7.46. The smallest absolute Gasteiger partial charge is 0.0150 e. The van der Waals surface area contributed by atoms with E-state index in [2.05, 4.69) is 17.1 Å². The molecule has 19 heavy (non-hydrogen) atoms. The van der Waals surface area contributed by atoms with Crippen LogP contribution >= 0.6 is 0 Å². The highest BCUT2D eigenvalue weighted by molar-refractivity contribution is 5.06. The molecule has 0 aromatic carbocycles. The summed E-state index contributed by atoms with van der Waals surface area (Å²) in [5, 5.41) is 3.53. The average Bonchev–Trinajstić information content (AvgIpc) is 2.38. The highest BCUT2D eigenvalue weighted by atomic mass is 15.2. The van der Waals surface area contributed by atoms with Crippen LogP contribution in [-0.2, 0) is 0 Å². The van der Waals surface area contributed by atoms with Crippen molar-refractivity contribution >= 4 is 0 Å². The van der Waals surface area contributed by atoms with Gasteiger partial charge in [0.2, 0.25) is 0 Å². The summed E-state index contributed by atoms with van der Waals surface area (Å²) < 4.78 is 0. The Hall–Kier alpha value is -0.0800. The molecule has 4 saturated carbocycles. The van der Waals surface area contributed by atoms with Gasteiger partial charge in [-0.15, -0.1) is 0 Å². The van der Waals surface area contributed by atoms with Crippen molar-refractivity contribution in [2.75, 3.05) is 26.2 Å². The van der Waals surface area contributed by atoms with Crippen molar-refractivity contribution in [3.05, 3.63) is 0 Å². The van der Waals surface area contributed by atoms with Crippen LogP contribution in [0.25, 0.3) is 0 Å². The van der Waals surface area contributed by atoms with Gasteiger partial charge in [0.05, 0.1) is 0 Å². The fourth-order valence-electron chi connectivity index (χ4n) is 6.66. The van der Waals surface area contributed by atoms with E-state index in [1.807, 2.05) is 0 Å². The molecule has 5 fully saturated rings. The van der Waals surface area contributed by atoms with E-state index in [0.29, 0.717) is 0 Å². The van der Waals surface area contributed by atoms with Crippen LogP contribution < -0.4 is 5.32 Å². The maximum Gasteiger partial charge on any atom is 0.0150 e. The monoisotopic (exact) mass is 262 g/mol. The second-order valence-corrected chi connectivity index (χ2v) is 7.99. The molecule has 0 aromatic rings. The standard InChI is InChI=1S/C17H30N2/c1-2-16(19-5-3-18-4-6-19)17-10-13-7-14(11-17)9-15(8-13)12-17/h13-16,18H,2-12H2,1H3. The van der Waals surface area contributed by atoms with E-state index >= 15 is 0 Å². The Balaban J connectivity index is 1.58. The fraction of sp³-hybridized carbons (Fsp3) is 1.00. The molecule has 4 bridgehead atoms. The molecular weight excluding hydrogens is 232 g/mol. The lowest BCUT2D eigenvalue weighted by atomic mass is 9.47. The topological polar surface area (TPSA) is 15.3 Å². The molecule has 1 saturated heterocycles. The minimum absolute atomic E-state index is 0.723. The first-order valence-corrected chi connectivity index (χ1v) is 8.74. The van der Waals surface area contributed by atoms with Gasteiger partial charge in [0.25, 0.3) is 0 Å². The summed E-state index contributed by atoms with van der Waals surface area (Å²) in [5.41, 5.74) is 0.723. The average molecular weight is 262 g/mol. The Kier molecular flexibility index (Phi) is 3.15. The summed E-state index contributed by atoms with van der Waals surface area (Å²) in [6, 6.07) is 0.892. The third kappa shape index (κ3) is 2.06. The van der Waals surface area contributed by atoms with Gasteiger partial charge in [0.1, 0.15) is 0 Å². The lowest BCUT2D eigenvalue weighted by molar-refractivity contribution is -0.104. The van der Waals surface area contributed by atoms with E-state index in [-0.39, 0.29) is 0 Å². The van der Waals surface area contributed by atoms with Gasteiger partial charge in [0, 0.05) is 32.2 Å². The normalized spacial score (nSPS) is 47.5. The third-order valence-corrected chi connectivity index (χ3v) is 6.77.